The zero-order valence-corrected chi connectivity index (χ0v) is 10.6. The maximum Gasteiger partial charge on any atom is 0.419 e. The number of hydrogen-bond donors (Lipinski definition) is 2. The predicted octanol–water partition coefficient (Wildman–Crippen LogP) is 2.58. The molecule has 2 N–H and O–H groups in total. The second-order valence-electron chi connectivity index (χ2n) is 4.86. The van der Waals surface area contributed by atoms with Crippen LogP contribution in [0.25, 0.3) is 0 Å². The number of amides is 1. The Morgan fingerprint density at radius 2 is 1.86 bits per heavy atom. The van der Waals surface area contributed by atoms with Crippen LogP contribution in [0.15, 0.2) is 18.2 Å². The Bertz CT molecular complexity index is 594. The van der Waals surface area contributed by atoms with Gasteiger partial charge < -0.3 is 10.4 Å². The minimum atomic E-state index is -4.93. The third-order valence-electron chi connectivity index (χ3n) is 3.52. The molecule has 1 saturated carbocycles. The minimum Gasteiger partial charge on any atom is -0.480 e. The highest BCUT2D eigenvalue weighted by atomic mass is 19.4. The van der Waals surface area contributed by atoms with Crippen LogP contribution < -0.4 is 5.32 Å². The molecule has 0 bridgehead atoms. The molecule has 114 valence electrons. The summed E-state index contributed by atoms with van der Waals surface area (Å²) in [5, 5.41) is 11.2. The number of benzene rings is 1. The van der Waals surface area contributed by atoms with Gasteiger partial charge in [0.05, 0.1) is 11.1 Å². The monoisotopic (exact) mass is 305 g/mol. The standard InChI is InChI=1S/C13H11F4NO3/c14-9-7(3-1-4-8(9)13(15,16)17)10(19)18-12(11(20)21)5-2-6-12/h1,3-4H,2,5-6H2,(H,18,19)(H,20,21). The number of carbonyl (C=O) groups is 2. The molecule has 0 atom stereocenters. The van der Waals surface area contributed by atoms with Crippen LogP contribution in [0.2, 0.25) is 0 Å². The lowest BCUT2D eigenvalue weighted by atomic mass is 9.76. The van der Waals surface area contributed by atoms with E-state index in [-0.39, 0.29) is 12.8 Å². The largest absolute Gasteiger partial charge is 0.480 e. The van der Waals surface area contributed by atoms with Gasteiger partial charge in [0.2, 0.25) is 0 Å². The number of carboxylic acids is 1. The Morgan fingerprint density at radius 1 is 1.24 bits per heavy atom. The number of nitrogens with one attached hydrogen (secondary N) is 1. The van der Waals surface area contributed by atoms with Gasteiger partial charge in [-0.25, -0.2) is 9.18 Å². The molecule has 0 unspecified atom stereocenters. The van der Waals surface area contributed by atoms with Crippen molar-refractivity contribution in [2.24, 2.45) is 0 Å². The smallest absolute Gasteiger partial charge is 0.419 e. The van der Waals surface area contributed by atoms with Gasteiger partial charge in [-0.1, -0.05) is 6.07 Å². The van der Waals surface area contributed by atoms with E-state index >= 15 is 0 Å². The molecule has 0 aliphatic heterocycles. The molecule has 1 amide bonds. The average Bonchev–Trinajstić information content (AvgIpc) is 2.31. The van der Waals surface area contributed by atoms with Gasteiger partial charge in [-0.15, -0.1) is 0 Å². The van der Waals surface area contributed by atoms with Gasteiger partial charge in [-0.05, 0) is 31.4 Å². The van der Waals surface area contributed by atoms with Crippen molar-refractivity contribution in [1.82, 2.24) is 5.32 Å². The van der Waals surface area contributed by atoms with Crippen LogP contribution in [0.3, 0.4) is 0 Å². The summed E-state index contributed by atoms with van der Waals surface area (Å²) in [5.74, 6) is -4.16. The molecule has 21 heavy (non-hydrogen) atoms. The molecule has 1 aromatic rings. The van der Waals surface area contributed by atoms with Crippen molar-refractivity contribution < 1.29 is 32.3 Å². The summed E-state index contributed by atoms with van der Waals surface area (Å²) in [6, 6.07) is 2.30. The van der Waals surface area contributed by atoms with Crippen LogP contribution in [0.5, 0.6) is 0 Å². The van der Waals surface area contributed by atoms with Crippen LogP contribution in [-0.2, 0) is 11.0 Å². The SMILES string of the molecule is O=C(NC1(C(=O)O)CCC1)c1cccc(C(F)(F)F)c1F. The molecule has 0 spiro atoms. The second-order valence-corrected chi connectivity index (χ2v) is 4.86. The van der Waals surface area contributed by atoms with E-state index in [0.29, 0.717) is 12.5 Å². The van der Waals surface area contributed by atoms with Crippen LogP contribution in [0, 0.1) is 5.82 Å². The number of alkyl halides is 3. The van der Waals surface area contributed by atoms with Crippen molar-refractivity contribution in [2.75, 3.05) is 0 Å². The first-order valence-electron chi connectivity index (χ1n) is 6.09. The van der Waals surface area contributed by atoms with Crippen LogP contribution >= 0.6 is 0 Å². The molecule has 4 nitrogen and oxygen atoms in total. The van der Waals surface area contributed by atoms with Gasteiger partial charge in [0, 0.05) is 0 Å². The molecular weight excluding hydrogens is 294 g/mol. The molecule has 1 fully saturated rings. The van der Waals surface area contributed by atoms with Crippen molar-refractivity contribution in [3.63, 3.8) is 0 Å². The summed E-state index contributed by atoms with van der Waals surface area (Å²) in [5.41, 5.74) is -3.90. The third kappa shape index (κ3) is 2.70. The molecule has 0 radical (unpaired) electrons. The van der Waals surface area contributed by atoms with Crippen molar-refractivity contribution in [3.8, 4) is 0 Å². The summed E-state index contributed by atoms with van der Waals surface area (Å²) in [4.78, 5) is 23.0. The van der Waals surface area contributed by atoms with E-state index < -0.39 is 40.5 Å². The fraction of sp³-hybridized carbons (Fsp3) is 0.385. The third-order valence-corrected chi connectivity index (χ3v) is 3.52. The molecule has 1 aliphatic rings. The quantitative estimate of drug-likeness (QED) is 0.844. The normalized spacial score (nSPS) is 17.0. The summed E-state index contributed by atoms with van der Waals surface area (Å²) in [7, 11) is 0. The van der Waals surface area contributed by atoms with E-state index in [4.69, 9.17) is 5.11 Å². The Kier molecular flexibility index (Phi) is 3.65. The maximum atomic E-state index is 13.8. The van der Waals surface area contributed by atoms with Gasteiger partial charge >= 0.3 is 12.1 Å². The minimum absolute atomic E-state index is 0.161. The number of carboxylic acid groups (broad SMARTS) is 1. The number of halogens is 4. The molecule has 1 aliphatic carbocycles. The van der Waals surface area contributed by atoms with Crippen molar-refractivity contribution >= 4 is 11.9 Å². The zero-order valence-electron chi connectivity index (χ0n) is 10.6. The highest BCUT2D eigenvalue weighted by Gasteiger charge is 2.46. The fourth-order valence-electron chi connectivity index (χ4n) is 2.13. The Labute approximate surface area is 116 Å². The Balaban J connectivity index is 2.30. The number of hydrogen-bond acceptors (Lipinski definition) is 2. The van der Waals surface area contributed by atoms with Gasteiger partial charge in [0.1, 0.15) is 11.4 Å². The van der Waals surface area contributed by atoms with Gasteiger partial charge in [-0.2, -0.15) is 13.2 Å². The average molecular weight is 305 g/mol. The van der Waals surface area contributed by atoms with Crippen LogP contribution in [0.4, 0.5) is 17.6 Å². The first kappa shape index (κ1) is 15.3. The highest BCUT2D eigenvalue weighted by Crippen LogP contribution is 2.34. The van der Waals surface area contributed by atoms with E-state index in [1.807, 2.05) is 0 Å². The van der Waals surface area contributed by atoms with E-state index in [2.05, 4.69) is 5.32 Å². The summed E-state index contributed by atoms with van der Waals surface area (Å²) >= 11 is 0. The topological polar surface area (TPSA) is 66.4 Å². The van der Waals surface area contributed by atoms with E-state index in [1.54, 1.807) is 0 Å². The lowest BCUT2D eigenvalue weighted by Gasteiger charge is -2.38. The number of aliphatic carboxylic acids is 1. The Hall–Kier alpha value is -2.12. The highest BCUT2D eigenvalue weighted by molar-refractivity contribution is 5.98. The van der Waals surface area contributed by atoms with Gasteiger partial charge in [0.15, 0.2) is 0 Å². The number of carbonyl (C=O) groups excluding carboxylic acids is 1. The number of rotatable bonds is 3. The summed E-state index contributed by atoms with van der Waals surface area (Å²) in [6.07, 6.45) is -4.04. The lowest BCUT2D eigenvalue weighted by molar-refractivity contribution is -0.148. The molecule has 0 saturated heterocycles. The second kappa shape index (κ2) is 5.01. The van der Waals surface area contributed by atoms with Gasteiger partial charge in [0.25, 0.3) is 5.91 Å². The molecule has 2 rings (SSSR count). The van der Waals surface area contributed by atoms with Gasteiger partial charge in [-0.3, -0.25) is 4.79 Å². The van der Waals surface area contributed by atoms with E-state index in [1.165, 1.54) is 0 Å². The van der Waals surface area contributed by atoms with E-state index in [9.17, 15) is 27.2 Å². The maximum absolute atomic E-state index is 13.8. The van der Waals surface area contributed by atoms with Crippen LogP contribution in [0.1, 0.15) is 35.2 Å². The van der Waals surface area contributed by atoms with Crippen LogP contribution in [-0.4, -0.2) is 22.5 Å². The first-order chi connectivity index (χ1) is 9.67. The van der Waals surface area contributed by atoms with E-state index in [0.717, 1.165) is 12.1 Å². The predicted molar refractivity (Wildman–Crippen MR) is 63.1 cm³/mol. The summed E-state index contributed by atoms with van der Waals surface area (Å²) < 4.78 is 51.5. The molecule has 1 aromatic carbocycles. The molecule has 0 heterocycles. The van der Waals surface area contributed by atoms with Crippen molar-refractivity contribution in [2.45, 2.75) is 31.0 Å². The zero-order chi connectivity index (χ0) is 15.8. The lowest BCUT2D eigenvalue weighted by Crippen LogP contribution is -2.59. The molecule has 8 heteroatoms. The van der Waals surface area contributed by atoms with Crippen molar-refractivity contribution in [1.29, 1.82) is 0 Å². The fourth-order valence-corrected chi connectivity index (χ4v) is 2.13. The molecular formula is C13H11F4NO3. The first-order valence-corrected chi connectivity index (χ1v) is 6.09. The van der Waals surface area contributed by atoms with Crippen molar-refractivity contribution in [3.05, 3.63) is 35.1 Å². The molecule has 0 aromatic heterocycles. The summed E-state index contributed by atoms with van der Waals surface area (Å²) in [6.45, 7) is 0. The Morgan fingerprint density at radius 3 is 2.29 bits per heavy atom.